The van der Waals surface area contributed by atoms with Crippen molar-refractivity contribution in [3.05, 3.63) is 24.3 Å². The summed E-state index contributed by atoms with van der Waals surface area (Å²) in [6.07, 6.45) is 0.895. The average molecular weight is 278 g/mol. The van der Waals surface area contributed by atoms with Gasteiger partial charge in [-0.2, -0.15) is 0 Å². The number of hydrogen-bond donors (Lipinski definition) is 3. The molecule has 6 heteroatoms. The van der Waals surface area contributed by atoms with Crippen LogP contribution in [0.2, 0.25) is 0 Å². The summed E-state index contributed by atoms with van der Waals surface area (Å²) in [7, 11) is 3.99. The van der Waals surface area contributed by atoms with Crippen molar-refractivity contribution in [1.29, 1.82) is 0 Å². The van der Waals surface area contributed by atoms with Crippen LogP contribution < -0.4 is 16.0 Å². The fourth-order valence-electron chi connectivity index (χ4n) is 1.65. The molecule has 0 fully saturated rings. The van der Waals surface area contributed by atoms with Crippen LogP contribution in [0.1, 0.15) is 13.3 Å². The third-order valence-corrected chi connectivity index (χ3v) is 2.51. The van der Waals surface area contributed by atoms with Gasteiger partial charge in [-0.05, 0) is 45.3 Å². The molecule has 0 aliphatic carbocycles. The minimum Gasteiger partial charge on any atom is -0.338 e. The lowest BCUT2D eigenvalue weighted by Gasteiger charge is -2.11. The number of hydrogen-bond acceptors (Lipinski definition) is 3. The molecule has 0 aliphatic rings. The van der Waals surface area contributed by atoms with Crippen LogP contribution >= 0.6 is 0 Å². The van der Waals surface area contributed by atoms with Crippen molar-refractivity contribution in [3.8, 4) is 0 Å². The van der Waals surface area contributed by atoms with Crippen molar-refractivity contribution < 1.29 is 9.59 Å². The highest BCUT2D eigenvalue weighted by molar-refractivity contribution is 5.92. The van der Waals surface area contributed by atoms with E-state index in [1.54, 1.807) is 24.3 Å². The first-order chi connectivity index (χ1) is 9.47. The van der Waals surface area contributed by atoms with E-state index in [-0.39, 0.29) is 11.9 Å². The lowest BCUT2D eigenvalue weighted by molar-refractivity contribution is -0.114. The Kier molecular flexibility index (Phi) is 6.52. The Hall–Kier alpha value is -2.08. The SMILES string of the molecule is CC(=O)Nc1cccc(NC(=O)NCCCN(C)C)c1. The van der Waals surface area contributed by atoms with E-state index in [1.807, 2.05) is 14.1 Å². The van der Waals surface area contributed by atoms with Crippen LogP contribution in [0, 0.1) is 0 Å². The van der Waals surface area contributed by atoms with Gasteiger partial charge in [0, 0.05) is 24.8 Å². The molecule has 0 aliphatic heterocycles. The van der Waals surface area contributed by atoms with Crippen LogP contribution in [0.3, 0.4) is 0 Å². The lowest BCUT2D eigenvalue weighted by Crippen LogP contribution is -2.31. The molecule has 3 amide bonds. The van der Waals surface area contributed by atoms with Crippen molar-refractivity contribution in [2.75, 3.05) is 37.8 Å². The maximum atomic E-state index is 11.7. The Labute approximate surface area is 119 Å². The first-order valence-electron chi connectivity index (χ1n) is 6.54. The topological polar surface area (TPSA) is 73.5 Å². The van der Waals surface area contributed by atoms with E-state index in [0.29, 0.717) is 17.9 Å². The average Bonchev–Trinajstić information content (AvgIpc) is 2.34. The van der Waals surface area contributed by atoms with Gasteiger partial charge in [0.25, 0.3) is 0 Å². The number of nitrogens with one attached hydrogen (secondary N) is 3. The molecule has 0 spiro atoms. The summed E-state index contributed by atoms with van der Waals surface area (Å²) in [6, 6.07) is 6.77. The molecule has 6 nitrogen and oxygen atoms in total. The summed E-state index contributed by atoms with van der Waals surface area (Å²) in [5.41, 5.74) is 1.30. The molecule has 1 rings (SSSR count). The van der Waals surface area contributed by atoms with E-state index in [9.17, 15) is 9.59 Å². The molecular weight excluding hydrogens is 256 g/mol. The number of benzene rings is 1. The second-order valence-electron chi connectivity index (χ2n) is 4.80. The Balaban J connectivity index is 2.39. The minimum absolute atomic E-state index is 0.143. The molecule has 1 aromatic rings. The molecule has 1 aromatic carbocycles. The lowest BCUT2D eigenvalue weighted by atomic mass is 10.2. The monoisotopic (exact) mass is 278 g/mol. The minimum atomic E-state index is -0.247. The van der Waals surface area contributed by atoms with Crippen LogP contribution in [0.15, 0.2) is 24.3 Å². The van der Waals surface area contributed by atoms with E-state index in [1.165, 1.54) is 6.92 Å². The van der Waals surface area contributed by atoms with E-state index < -0.39 is 0 Å². The van der Waals surface area contributed by atoms with Gasteiger partial charge in [0.1, 0.15) is 0 Å². The van der Waals surface area contributed by atoms with Crippen molar-refractivity contribution in [2.24, 2.45) is 0 Å². The van der Waals surface area contributed by atoms with Crippen LogP contribution in [-0.4, -0.2) is 44.0 Å². The first kappa shape index (κ1) is 16.0. The van der Waals surface area contributed by atoms with Gasteiger partial charge >= 0.3 is 6.03 Å². The van der Waals surface area contributed by atoms with Gasteiger partial charge < -0.3 is 20.9 Å². The van der Waals surface area contributed by atoms with E-state index >= 15 is 0 Å². The Bertz CT molecular complexity index is 460. The zero-order valence-electron chi connectivity index (χ0n) is 12.2. The highest BCUT2D eigenvalue weighted by atomic mass is 16.2. The molecule has 0 aromatic heterocycles. The third kappa shape index (κ3) is 6.75. The highest BCUT2D eigenvalue weighted by Gasteiger charge is 2.02. The second kappa shape index (κ2) is 8.16. The predicted octanol–water partition coefficient (Wildman–Crippen LogP) is 1.72. The molecular formula is C14H22N4O2. The summed E-state index contributed by atoms with van der Waals surface area (Å²) in [5, 5.41) is 8.18. The van der Waals surface area contributed by atoms with Gasteiger partial charge in [-0.1, -0.05) is 6.07 Å². The molecule has 0 saturated heterocycles. The molecule has 0 saturated carbocycles. The van der Waals surface area contributed by atoms with Gasteiger partial charge in [0.2, 0.25) is 5.91 Å². The van der Waals surface area contributed by atoms with E-state index in [2.05, 4.69) is 20.9 Å². The summed E-state index contributed by atoms with van der Waals surface area (Å²) in [5.74, 6) is -0.143. The van der Waals surface area contributed by atoms with Crippen LogP contribution in [0.4, 0.5) is 16.2 Å². The Morgan fingerprint density at radius 1 is 1.15 bits per heavy atom. The largest absolute Gasteiger partial charge is 0.338 e. The number of urea groups is 1. The molecule has 0 radical (unpaired) electrons. The molecule has 0 bridgehead atoms. The Morgan fingerprint density at radius 2 is 1.80 bits per heavy atom. The molecule has 20 heavy (non-hydrogen) atoms. The van der Waals surface area contributed by atoms with Crippen LogP contribution in [0.5, 0.6) is 0 Å². The fraction of sp³-hybridized carbons (Fsp3) is 0.429. The number of nitrogens with zero attached hydrogens (tertiary/aromatic N) is 1. The van der Waals surface area contributed by atoms with Crippen molar-refractivity contribution in [3.63, 3.8) is 0 Å². The summed E-state index contributed by atoms with van der Waals surface area (Å²) < 4.78 is 0. The molecule has 0 heterocycles. The second-order valence-corrected chi connectivity index (χ2v) is 4.80. The quantitative estimate of drug-likeness (QED) is 0.694. The number of carbonyl (C=O) groups is 2. The zero-order chi connectivity index (χ0) is 15.0. The number of rotatable bonds is 6. The number of anilines is 2. The highest BCUT2D eigenvalue weighted by Crippen LogP contribution is 2.14. The standard InChI is InChI=1S/C14H22N4O2/c1-11(19)16-12-6-4-7-13(10-12)17-14(20)15-8-5-9-18(2)3/h4,6-7,10H,5,8-9H2,1-3H3,(H,16,19)(H2,15,17,20). The van der Waals surface area contributed by atoms with Crippen molar-refractivity contribution in [2.45, 2.75) is 13.3 Å². The van der Waals surface area contributed by atoms with Gasteiger partial charge in [0.05, 0.1) is 0 Å². The van der Waals surface area contributed by atoms with E-state index in [4.69, 9.17) is 0 Å². The summed E-state index contributed by atoms with van der Waals surface area (Å²) >= 11 is 0. The maximum absolute atomic E-state index is 11.7. The number of carbonyl (C=O) groups excluding carboxylic acids is 2. The van der Waals surface area contributed by atoms with Gasteiger partial charge in [0.15, 0.2) is 0 Å². The van der Waals surface area contributed by atoms with Crippen LogP contribution in [0.25, 0.3) is 0 Å². The van der Waals surface area contributed by atoms with E-state index in [0.717, 1.165) is 13.0 Å². The maximum Gasteiger partial charge on any atom is 0.319 e. The van der Waals surface area contributed by atoms with Gasteiger partial charge in [-0.3, -0.25) is 4.79 Å². The Morgan fingerprint density at radius 3 is 2.40 bits per heavy atom. The normalized spacial score (nSPS) is 10.2. The summed E-state index contributed by atoms with van der Waals surface area (Å²) in [6.45, 7) is 2.99. The smallest absolute Gasteiger partial charge is 0.319 e. The van der Waals surface area contributed by atoms with Gasteiger partial charge in [-0.15, -0.1) is 0 Å². The van der Waals surface area contributed by atoms with Gasteiger partial charge in [-0.25, -0.2) is 4.79 Å². The fourth-order valence-corrected chi connectivity index (χ4v) is 1.65. The summed E-state index contributed by atoms with van der Waals surface area (Å²) in [4.78, 5) is 24.7. The molecule has 0 atom stereocenters. The number of amides is 3. The van der Waals surface area contributed by atoms with Crippen molar-refractivity contribution >= 4 is 23.3 Å². The molecule has 110 valence electrons. The van der Waals surface area contributed by atoms with Crippen molar-refractivity contribution in [1.82, 2.24) is 10.2 Å². The zero-order valence-corrected chi connectivity index (χ0v) is 12.2. The molecule has 0 unspecified atom stereocenters. The molecule has 3 N–H and O–H groups in total. The predicted molar refractivity (Wildman–Crippen MR) is 80.9 cm³/mol. The third-order valence-electron chi connectivity index (χ3n) is 2.51. The van der Waals surface area contributed by atoms with Crippen LogP contribution in [-0.2, 0) is 4.79 Å². The first-order valence-corrected chi connectivity index (χ1v) is 6.54.